The lowest BCUT2D eigenvalue weighted by Crippen LogP contribution is -2.29. The van der Waals surface area contributed by atoms with Gasteiger partial charge in [-0.1, -0.05) is 42.5 Å². The zero-order valence-corrected chi connectivity index (χ0v) is 17.8. The van der Waals surface area contributed by atoms with Gasteiger partial charge in [0.2, 0.25) is 0 Å². The molecule has 6 heteroatoms. The zero-order chi connectivity index (χ0) is 22.8. The van der Waals surface area contributed by atoms with Crippen LogP contribution in [0.5, 0.6) is 0 Å². The van der Waals surface area contributed by atoms with Crippen molar-refractivity contribution in [1.29, 1.82) is 0 Å². The predicted molar refractivity (Wildman–Crippen MR) is 121 cm³/mol. The van der Waals surface area contributed by atoms with Crippen LogP contribution in [0, 0.1) is 5.82 Å². The van der Waals surface area contributed by atoms with E-state index >= 15 is 0 Å². The standard InChI is InChI=1S/C26H23FN2O3/c1-28(2)21-14-10-18(11-15-21)23-22(24(30)19-8-12-20(27)13-9-19)25(31)26(32)29(23)16-17-6-4-3-5-7-17/h3-15,23,30H,16H2,1-2H3/t23-/m0/s1. The summed E-state index contributed by atoms with van der Waals surface area (Å²) in [5.74, 6) is -2.22. The Morgan fingerprint density at radius 2 is 1.56 bits per heavy atom. The number of aliphatic hydroxyl groups is 1. The fourth-order valence-corrected chi connectivity index (χ4v) is 3.89. The van der Waals surface area contributed by atoms with Crippen molar-refractivity contribution in [2.75, 3.05) is 19.0 Å². The zero-order valence-electron chi connectivity index (χ0n) is 17.8. The Morgan fingerprint density at radius 1 is 0.938 bits per heavy atom. The molecule has 1 atom stereocenters. The van der Waals surface area contributed by atoms with Crippen LogP contribution in [0.2, 0.25) is 0 Å². The summed E-state index contributed by atoms with van der Waals surface area (Å²) in [4.78, 5) is 29.5. The van der Waals surface area contributed by atoms with Crippen molar-refractivity contribution in [2.24, 2.45) is 0 Å². The second-order valence-corrected chi connectivity index (χ2v) is 7.91. The number of nitrogens with zero attached hydrogens (tertiary/aromatic N) is 2. The summed E-state index contributed by atoms with van der Waals surface area (Å²) >= 11 is 0. The van der Waals surface area contributed by atoms with Gasteiger partial charge in [-0.15, -0.1) is 0 Å². The number of hydrogen-bond donors (Lipinski definition) is 1. The molecule has 1 amide bonds. The van der Waals surface area contributed by atoms with E-state index in [1.165, 1.54) is 29.2 Å². The topological polar surface area (TPSA) is 60.9 Å². The highest BCUT2D eigenvalue weighted by Gasteiger charge is 2.46. The first-order chi connectivity index (χ1) is 15.4. The molecule has 1 N–H and O–H groups in total. The van der Waals surface area contributed by atoms with E-state index in [4.69, 9.17) is 0 Å². The molecular formula is C26H23FN2O3. The highest BCUT2D eigenvalue weighted by molar-refractivity contribution is 6.46. The van der Waals surface area contributed by atoms with Crippen LogP contribution in [0.1, 0.15) is 22.7 Å². The fourth-order valence-electron chi connectivity index (χ4n) is 3.89. The molecule has 1 fully saturated rings. The van der Waals surface area contributed by atoms with E-state index in [1.54, 1.807) is 0 Å². The smallest absolute Gasteiger partial charge is 0.295 e. The quantitative estimate of drug-likeness (QED) is 0.368. The average Bonchev–Trinajstić information content (AvgIpc) is 3.05. The van der Waals surface area contributed by atoms with E-state index in [2.05, 4.69) is 0 Å². The highest BCUT2D eigenvalue weighted by Crippen LogP contribution is 2.40. The molecule has 0 spiro atoms. The van der Waals surface area contributed by atoms with Gasteiger partial charge < -0.3 is 14.9 Å². The monoisotopic (exact) mass is 430 g/mol. The minimum atomic E-state index is -0.767. The molecule has 0 aromatic heterocycles. The third kappa shape index (κ3) is 3.99. The lowest BCUT2D eigenvalue weighted by atomic mass is 9.95. The van der Waals surface area contributed by atoms with Crippen molar-refractivity contribution >= 4 is 23.1 Å². The molecule has 162 valence electrons. The van der Waals surface area contributed by atoms with Gasteiger partial charge >= 0.3 is 0 Å². The third-order valence-corrected chi connectivity index (χ3v) is 5.58. The number of hydrogen-bond acceptors (Lipinski definition) is 4. The molecule has 3 aromatic carbocycles. The van der Waals surface area contributed by atoms with Gasteiger partial charge in [0.25, 0.3) is 11.7 Å². The number of likely N-dealkylation sites (tertiary alicyclic amines) is 1. The number of Topliss-reactive ketones (excluding diaryl/α,β-unsaturated/α-hetero) is 1. The summed E-state index contributed by atoms with van der Waals surface area (Å²) in [6.45, 7) is 0.214. The van der Waals surface area contributed by atoms with E-state index in [0.29, 0.717) is 5.56 Å². The van der Waals surface area contributed by atoms with Crippen LogP contribution in [-0.4, -0.2) is 35.8 Å². The Balaban J connectivity index is 1.84. The van der Waals surface area contributed by atoms with Crippen molar-refractivity contribution in [3.63, 3.8) is 0 Å². The van der Waals surface area contributed by atoms with Crippen LogP contribution in [0.4, 0.5) is 10.1 Å². The van der Waals surface area contributed by atoms with E-state index in [-0.39, 0.29) is 23.4 Å². The maximum Gasteiger partial charge on any atom is 0.295 e. The molecule has 0 saturated carbocycles. The van der Waals surface area contributed by atoms with Crippen LogP contribution >= 0.6 is 0 Å². The molecule has 1 heterocycles. The summed E-state index contributed by atoms with van der Waals surface area (Å²) in [5, 5.41) is 11.0. The molecule has 5 nitrogen and oxygen atoms in total. The summed E-state index contributed by atoms with van der Waals surface area (Å²) in [6, 6.07) is 21.3. The Morgan fingerprint density at radius 3 is 2.16 bits per heavy atom. The normalized spacial score (nSPS) is 17.6. The van der Waals surface area contributed by atoms with Gasteiger partial charge in [-0.25, -0.2) is 4.39 Å². The SMILES string of the molecule is CN(C)c1ccc([C@H]2C(=C(O)c3ccc(F)cc3)C(=O)C(=O)N2Cc2ccccc2)cc1. The summed E-state index contributed by atoms with van der Waals surface area (Å²) in [6.07, 6.45) is 0. The first-order valence-electron chi connectivity index (χ1n) is 10.2. The Hall–Kier alpha value is -3.93. The number of benzene rings is 3. The van der Waals surface area contributed by atoms with Crippen molar-refractivity contribution < 1.29 is 19.1 Å². The van der Waals surface area contributed by atoms with E-state index < -0.39 is 23.5 Å². The van der Waals surface area contributed by atoms with Gasteiger partial charge in [0, 0.05) is 31.9 Å². The second kappa shape index (κ2) is 8.67. The maximum atomic E-state index is 13.4. The van der Waals surface area contributed by atoms with Gasteiger partial charge in [0.15, 0.2) is 0 Å². The van der Waals surface area contributed by atoms with Crippen LogP contribution in [0.3, 0.4) is 0 Å². The molecule has 3 aromatic rings. The van der Waals surface area contributed by atoms with E-state index in [9.17, 15) is 19.1 Å². The molecule has 1 saturated heterocycles. The number of rotatable bonds is 5. The van der Waals surface area contributed by atoms with Gasteiger partial charge in [-0.2, -0.15) is 0 Å². The van der Waals surface area contributed by atoms with Gasteiger partial charge in [-0.05, 0) is 47.5 Å². The molecule has 0 unspecified atom stereocenters. The minimum Gasteiger partial charge on any atom is -0.507 e. The lowest BCUT2D eigenvalue weighted by Gasteiger charge is -2.26. The number of aliphatic hydroxyl groups excluding tert-OH is 1. The predicted octanol–water partition coefficient (Wildman–Crippen LogP) is 4.51. The van der Waals surface area contributed by atoms with Gasteiger partial charge in [-0.3, -0.25) is 9.59 Å². The summed E-state index contributed by atoms with van der Waals surface area (Å²) in [5.41, 5.74) is 2.81. The molecule has 0 aliphatic carbocycles. The summed E-state index contributed by atoms with van der Waals surface area (Å²) in [7, 11) is 3.84. The maximum absolute atomic E-state index is 13.4. The van der Waals surface area contributed by atoms with Crippen molar-refractivity contribution in [2.45, 2.75) is 12.6 Å². The number of carbonyl (C=O) groups excluding carboxylic acids is 2. The van der Waals surface area contributed by atoms with Crippen molar-refractivity contribution in [3.05, 3.63) is 107 Å². The molecule has 0 radical (unpaired) electrons. The van der Waals surface area contributed by atoms with Gasteiger partial charge in [0.1, 0.15) is 11.6 Å². The Kier molecular flexibility index (Phi) is 5.77. The van der Waals surface area contributed by atoms with Gasteiger partial charge in [0.05, 0.1) is 11.6 Å². The molecule has 0 bridgehead atoms. The largest absolute Gasteiger partial charge is 0.507 e. The Bertz CT molecular complexity index is 1170. The van der Waals surface area contributed by atoms with E-state index in [0.717, 1.165) is 11.3 Å². The van der Waals surface area contributed by atoms with Crippen molar-refractivity contribution in [3.8, 4) is 0 Å². The van der Waals surface area contributed by atoms with Crippen LogP contribution < -0.4 is 4.90 Å². The lowest BCUT2D eigenvalue weighted by molar-refractivity contribution is -0.140. The third-order valence-electron chi connectivity index (χ3n) is 5.58. The number of carbonyl (C=O) groups is 2. The number of halogens is 1. The number of ketones is 1. The molecule has 1 aliphatic rings. The van der Waals surface area contributed by atoms with Crippen LogP contribution in [-0.2, 0) is 16.1 Å². The van der Waals surface area contributed by atoms with E-state index in [1.807, 2.05) is 73.6 Å². The first-order valence-corrected chi connectivity index (χ1v) is 10.2. The molecule has 4 rings (SSSR count). The van der Waals surface area contributed by atoms with Crippen LogP contribution in [0.15, 0.2) is 84.4 Å². The first kappa shape index (κ1) is 21.3. The molecule has 1 aliphatic heterocycles. The minimum absolute atomic E-state index is 0.00450. The number of anilines is 1. The summed E-state index contributed by atoms with van der Waals surface area (Å²) < 4.78 is 13.4. The molecular weight excluding hydrogens is 407 g/mol. The average molecular weight is 430 g/mol. The van der Waals surface area contributed by atoms with Crippen molar-refractivity contribution in [1.82, 2.24) is 4.90 Å². The molecule has 32 heavy (non-hydrogen) atoms. The highest BCUT2D eigenvalue weighted by atomic mass is 19.1. The Labute approximate surface area is 186 Å². The number of amides is 1. The van der Waals surface area contributed by atoms with Crippen LogP contribution in [0.25, 0.3) is 5.76 Å². The fraction of sp³-hybridized carbons (Fsp3) is 0.154. The second-order valence-electron chi connectivity index (χ2n) is 7.91.